The van der Waals surface area contributed by atoms with Gasteiger partial charge in [-0.15, -0.1) is 11.3 Å². The number of piperazine rings is 1. The molecule has 11 nitrogen and oxygen atoms in total. The number of benzene rings is 1. The van der Waals surface area contributed by atoms with E-state index in [9.17, 15) is 22.8 Å². The van der Waals surface area contributed by atoms with E-state index >= 15 is 0 Å². The van der Waals surface area contributed by atoms with Crippen molar-refractivity contribution in [1.29, 1.82) is 0 Å². The molecule has 2 unspecified atom stereocenters. The molecular formula is C28H39ClN6O5S2. The van der Waals surface area contributed by atoms with Gasteiger partial charge in [0.15, 0.2) is 0 Å². The van der Waals surface area contributed by atoms with Crippen molar-refractivity contribution in [1.82, 2.24) is 29.6 Å². The largest absolute Gasteiger partial charge is 0.337 e. The van der Waals surface area contributed by atoms with Crippen LogP contribution in [-0.4, -0.2) is 116 Å². The lowest BCUT2D eigenvalue weighted by atomic mass is 10.1. The van der Waals surface area contributed by atoms with Gasteiger partial charge in [-0.3, -0.25) is 14.5 Å². The normalized spacial score (nSPS) is 22.4. The van der Waals surface area contributed by atoms with Crippen LogP contribution < -0.4 is 10.0 Å². The summed E-state index contributed by atoms with van der Waals surface area (Å²) in [6.45, 7) is 8.44. The molecule has 2 N–H and O–H groups in total. The monoisotopic (exact) mass is 638 g/mol. The number of nitrogens with one attached hydrogen (secondary N) is 2. The maximum absolute atomic E-state index is 13.4. The SMILES string of the molecule is CC(C)NC(=O)N1CCN(CC2CCCN2C(=O)CN2CCCC(NS(=O)(=O)c3cc4cc(Cl)ccc4s3)C2=O)CC1. The molecule has 3 aliphatic rings. The number of likely N-dealkylation sites (tertiary alicyclic amines) is 2. The van der Waals surface area contributed by atoms with Gasteiger partial charge < -0.3 is 20.0 Å². The van der Waals surface area contributed by atoms with Crippen molar-refractivity contribution in [3.8, 4) is 0 Å². The first-order valence-electron chi connectivity index (χ1n) is 14.6. The topological polar surface area (TPSA) is 122 Å². The molecule has 0 spiro atoms. The molecule has 0 radical (unpaired) electrons. The number of hydrogen-bond acceptors (Lipinski definition) is 7. The quantitative estimate of drug-likeness (QED) is 0.458. The van der Waals surface area contributed by atoms with Crippen LogP contribution in [0.5, 0.6) is 0 Å². The van der Waals surface area contributed by atoms with Crippen LogP contribution in [0.4, 0.5) is 4.79 Å². The standard InChI is InChI=1S/C28H39ClN6O5S2/c1-19(2)30-28(38)33-13-11-32(12-14-33)17-22-5-3-10-35(22)25(36)18-34-9-4-6-23(27(34)37)31-42(39,40)26-16-20-15-21(29)7-8-24(20)41-26/h7-8,15-16,19,22-23,31H,3-6,9-14,17-18H2,1-2H3,(H,30,38). The molecule has 3 aliphatic heterocycles. The van der Waals surface area contributed by atoms with Crippen LogP contribution in [0.15, 0.2) is 28.5 Å². The van der Waals surface area contributed by atoms with E-state index in [1.807, 2.05) is 23.6 Å². The fourth-order valence-electron chi connectivity index (χ4n) is 5.95. The Labute approximate surface area is 256 Å². The summed E-state index contributed by atoms with van der Waals surface area (Å²) >= 11 is 7.18. The van der Waals surface area contributed by atoms with Crippen molar-refractivity contribution in [3.63, 3.8) is 0 Å². The molecule has 5 rings (SSSR count). The van der Waals surface area contributed by atoms with E-state index in [2.05, 4.69) is 14.9 Å². The molecule has 0 aliphatic carbocycles. The minimum atomic E-state index is -3.93. The summed E-state index contributed by atoms with van der Waals surface area (Å²) < 4.78 is 29.8. The molecular weight excluding hydrogens is 600 g/mol. The Morgan fingerprint density at radius 3 is 2.52 bits per heavy atom. The molecule has 3 fully saturated rings. The smallest absolute Gasteiger partial charge is 0.317 e. The zero-order valence-electron chi connectivity index (χ0n) is 24.1. The number of sulfonamides is 1. The number of rotatable bonds is 8. The first kappa shape index (κ1) is 31.0. The first-order valence-corrected chi connectivity index (χ1v) is 17.3. The minimum absolute atomic E-state index is 0.0390. The zero-order valence-corrected chi connectivity index (χ0v) is 26.4. The van der Waals surface area contributed by atoms with Crippen molar-refractivity contribution in [2.45, 2.75) is 61.9 Å². The summed E-state index contributed by atoms with van der Waals surface area (Å²) in [5.74, 6) is -0.473. The van der Waals surface area contributed by atoms with Gasteiger partial charge >= 0.3 is 6.03 Å². The number of hydrogen-bond donors (Lipinski definition) is 2. The molecule has 4 amide bonds. The summed E-state index contributed by atoms with van der Waals surface area (Å²) in [4.78, 5) is 46.5. The highest BCUT2D eigenvalue weighted by molar-refractivity contribution is 7.91. The van der Waals surface area contributed by atoms with E-state index in [1.165, 1.54) is 4.90 Å². The maximum Gasteiger partial charge on any atom is 0.317 e. The van der Waals surface area contributed by atoms with Gasteiger partial charge in [-0.2, -0.15) is 4.72 Å². The fourth-order valence-corrected chi connectivity index (χ4v) is 8.75. The van der Waals surface area contributed by atoms with Crippen LogP contribution >= 0.6 is 22.9 Å². The second-order valence-electron chi connectivity index (χ2n) is 11.6. The zero-order chi connectivity index (χ0) is 30.0. The van der Waals surface area contributed by atoms with E-state index in [0.717, 1.165) is 53.9 Å². The number of halogens is 1. The van der Waals surface area contributed by atoms with E-state index in [1.54, 1.807) is 24.3 Å². The molecule has 0 bridgehead atoms. The predicted molar refractivity (Wildman–Crippen MR) is 163 cm³/mol. The third kappa shape index (κ3) is 7.19. The molecule has 2 aromatic rings. The molecule has 1 aromatic carbocycles. The Balaban J connectivity index is 1.15. The van der Waals surface area contributed by atoms with Gasteiger partial charge in [0, 0.05) is 67.6 Å². The molecule has 2 atom stereocenters. The highest BCUT2D eigenvalue weighted by Crippen LogP contribution is 2.31. The number of carbonyl (C=O) groups excluding carboxylic acids is 3. The van der Waals surface area contributed by atoms with Crippen molar-refractivity contribution in [3.05, 3.63) is 29.3 Å². The molecule has 42 heavy (non-hydrogen) atoms. The highest BCUT2D eigenvalue weighted by Gasteiger charge is 2.37. The molecule has 14 heteroatoms. The predicted octanol–water partition coefficient (Wildman–Crippen LogP) is 2.55. The van der Waals surface area contributed by atoms with E-state index in [0.29, 0.717) is 44.0 Å². The lowest BCUT2D eigenvalue weighted by Gasteiger charge is -2.38. The average Bonchev–Trinajstić information content (AvgIpc) is 3.58. The molecule has 0 saturated carbocycles. The Kier molecular flexibility index (Phi) is 9.63. The Hall–Kier alpha value is -2.45. The van der Waals surface area contributed by atoms with Gasteiger partial charge in [0.2, 0.25) is 11.8 Å². The number of fused-ring (bicyclic) bond motifs is 1. The van der Waals surface area contributed by atoms with E-state index in [4.69, 9.17) is 11.6 Å². The summed E-state index contributed by atoms with van der Waals surface area (Å²) in [7, 11) is -3.93. The Morgan fingerprint density at radius 1 is 1.05 bits per heavy atom. The number of carbonyl (C=O) groups is 3. The van der Waals surface area contributed by atoms with Crippen molar-refractivity contribution in [2.24, 2.45) is 0 Å². The number of thiophene rings is 1. The van der Waals surface area contributed by atoms with Gasteiger partial charge in [-0.25, -0.2) is 13.2 Å². The summed E-state index contributed by atoms with van der Waals surface area (Å²) in [5, 5.41) is 4.19. The lowest BCUT2D eigenvalue weighted by Crippen LogP contribution is -2.56. The second-order valence-corrected chi connectivity index (χ2v) is 15.1. The molecule has 3 saturated heterocycles. The number of piperidine rings is 1. The van der Waals surface area contributed by atoms with Gasteiger partial charge in [0.05, 0.1) is 6.54 Å². The van der Waals surface area contributed by atoms with Crippen LogP contribution in [-0.2, 0) is 19.6 Å². The van der Waals surface area contributed by atoms with Crippen molar-refractivity contribution < 1.29 is 22.8 Å². The lowest BCUT2D eigenvalue weighted by molar-refractivity contribution is -0.143. The van der Waals surface area contributed by atoms with Gasteiger partial charge in [-0.1, -0.05) is 11.6 Å². The molecule has 4 heterocycles. The Bertz CT molecular complexity index is 1430. The number of urea groups is 1. The first-order chi connectivity index (χ1) is 20.0. The van der Waals surface area contributed by atoms with E-state index in [-0.39, 0.29) is 40.7 Å². The Morgan fingerprint density at radius 2 is 1.79 bits per heavy atom. The average molecular weight is 639 g/mol. The van der Waals surface area contributed by atoms with Crippen LogP contribution in [0.3, 0.4) is 0 Å². The van der Waals surface area contributed by atoms with Crippen molar-refractivity contribution >= 4 is 60.9 Å². The van der Waals surface area contributed by atoms with E-state index < -0.39 is 16.1 Å². The summed E-state index contributed by atoms with van der Waals surface area (Å²) in [6, 6.07) is 5.97. The molecule has 1 aromatic heterocycles. The molecule has 230 valence electrons. The third-order valence-electron chi connectivity index (χ3n) is 8.11. The van der Waals surface area contributed by atoms with Crippen LogP contribution in [0.2, 0.25) is 5.02 Å². The minimum Gasteiger partial charge on any atom is -0.337 e. The number of nitrogens with zero attached hydrogens (tertiary/aromatic N) is 4. The highest BCUT2D eigenvalue weighted by atomic mass is 35.5. The van der Waals surface area contributed by atoms with Crippen LogP contribution in [0.25, 0.3) is 10.1 Å². The van der Waals surface area contributed by atoms with Crippen molar-refractivity contribution in [2.75, 3.05) is 52.4 Å². The fraction of sp³-hybridized carbons (Fsp3) is 0.607. The van der Waals surface area contributed by atoms with Gasteiger partial charge in [0.25, 0.3) is 10.0 Å². The number of amides is 4. The third-order valence-corrected chi connectivity index (χ3v) is 11.4. The van der Waals surface area contributed by atoms with Crippen LogP contribution in [0.1, 0.15) is 39.5 Å². The van der Waals surface area contributed by atoms with Crippen LogP contribution in [0, 0.1) is 0 Å². The van der Waals surface area contributed by atoms with Gasteiger partial charge in [-0.05, 0) is 69.2 Å². The second kappa shape index (κ2) is 13.0. The van der Waals surface area contributed by atoms with Gasteiger partial charge in [0.1, 0.15) is 10.3 Å². The summed E-state index contributed by atoms with van der Waals surface area (Å²) in [5.41, 5.74) is 0. The summed E-state index contributed by atoms with van der Waals surface area (Å²) in [6.07, 6.45) is 2.79. The maximum atomic E-state index is 13.4.